The summed E-state index contributed by atoms with van der Waals surface area (Å²) in [6.45, 7) is 12.0. The molecular weight excluding hydrogens is 248 g/mol. The van der Waals surface area contributed by atoms with E-state index in [-0.39, 0.29) is 0 Å². The van der Waals surface area contributed by atoms with Gasteiger partial charge in [0.15, 0.2) is 0 Å². The van der Waals surface area contributed by atoms with Gasteiger partial charge in [0.2, 0.25) is 5.95 Å². The minimum absolute atomic E-state index is 0.516. The Morgan fingerprint density at radius 3 is 2.55 bits per heavy atom. The molecule has 1 saturated heterocycles. The molecule has 1 N–H and O–H groups in total. The molecule has 2 rings (SSSR count). The van der Waals surface area contributed by atoms with E-state index in [9.17, 15) is 0 Å². The molecule has 0 radical (unpaired) electrons. The SMILES string of the molecule is CCCNc1nc(C)cc(N2CCC(C)(CC)CC2)n1. The van der Waals surface area contributed by atoms with E-state index in [1.165, 1.54) is 19.3 Å². The van der Waals surface area contributed by atoms with Crippen molar-refractivity contribution >= 4 is 11.8 Å². The fourth-order valence-corrected chi connectivity index (χ4v) is 2.66. The highest BCUT2D eigenvalue weighted by Crippen LogP contribution is 2.35. The zero-order valence-electron chi connectivity index (χ0n) is 13.4. The normalized spacial score (nSPS) is 18.1. The van der Waals surface area contributed by atoms with Gasteiger partial charge in [-0.2, -0.15) is 4.98 Å². The largest absolute Gasteiger partial charge is 0.356 e. The number of hydrogen-bond acceptors (Lipinski definition) is 4. The quantitative estimate of drug-likeness (QED) is 0.891. The molecule has 0 amide bonds. The van der Waals surface area contributed by atoms with Gasteiger partial charge in [-0.3, -0.25) is 0 Å². The van der Waals surface area contributed by atoms with E-state index in [4.69, 9.17) is 0 Å². The fourth-order valence-electron chi connectivity index (χ4n) is 2.66. The lowest BCUT2D eigenvalue weighted by molar-refractivity contribution is 0.238. The third-order valence-corrected chi connectivity index (χ3v) is 4.52. The van der Waals surface area contributed by atoms with Crippen LogP contribution in [0.3, 0.4) is 0 Å². The Bertz CT molecular complexity index is 436. The molecule has 20 heavy (non-hydrogen) atoms. The molecule has 0 saturated carbocycles. The first kappa shape index (κ1) is 15.1. The first-order chi connectivity index (χ1) is 9.56. The maximum atomic E-state index is 4.67. The number of anilines is 2. The molecule has 0 spiro atoms. The number of aryl methyl sites for hydroxylation is 1. The van der Waals surface area contributed by atoms with Crippen LogP contribution in [0.1, 0.15) is 52.1 Å². The maximum Gasteiger partial charge on any atom is 0.224 e. The molecule has 1 aliphatic rings. The molecule has 0 aliphatic carbocycles. The third-order valence-electron chi connectivity index (χ3n) is 4.52. The predicted molar refractivity (Wildman–Crippen MR) is 85.4 cm³/mol. The Hall–Kier alpha value is -1.32. The van der Waals surface area contributed by atoms with E-state index >= 15 is 0 Å². The highest BCUT2D eigenvalue weighted by Gasteiger charge is 2.28. The Balaban J connectivity index is 2.07. The molecule has 1 aromatic rings. The van der Waals surface area contributed by atoms with E-state index in [0.29, 0.717) is 5.41 Å². The zero-order chi connectivity index (χ0) is 14.6. The van der Waals surface area contributed by atoms with Gasteiger partial charge in [0.1, 0.15) is 5.82 Å². The molecule has 4 nitrogen and oxygen atoms in total. The predicted octanol–water partition coefficient (Wildman–Crippen LogP) is 3.62. The van der Waals surface area contributed by atoms with Crippen LogP contribution in [0.25, 0.3) is 0 Å². The van der Waals surface area contributed by atoms with E-state index in [1.54, 1.807) is 0 Å². The summed E-state index contributed by atoms with van der Waals surface area (Å²) < 4.78 is 0. The summed E-state index contributed by atoms with van der Waals surface area (Å²) in [6, 6.07) is 2.10. The van der Waals surface area contributed by atoms with Crippen LogP contribution in [-0.2, 0) is 0 Å². The molecule has 0 aromatic carbocycles. The van der Waals surface area contributed by atoms with Crippen molar-refractivity contribution in [1.29, 1.82) is 0 Å². The Morgan fingerprint density at radius 1 is 1.25 bits per heavy atom. The molecule has 0 unspecified atom stereocenters. The number of nitrogens with one attached hydrogen (secondary N) is 1. The van der Waals surface area contributed by atoms with E-state index in [2.05, 4.69) is 47.0 Å². The zero-order valence-corrected chi connectivity index (χ0v) is 13.4. The molecule has 0 bridgehead atoms. The highest BCUT2D eigenvalue weighted by atomic mass is 15.2. The summed E-state index contributed by atoms with van der Waals surface area (Å²) in [5.41, 5.74) is 1.56. The summed E-state index contributed by atoms with van der Waals surface area (Å²) >= 11 is 0. The van der Waals surface area contributed by atoms with Crippen molar-refractivity contribution in [2.75, 3.05) is 29.9 Å². The van der Waals surface area contributed by atoms with Gasteiger partial charge in [0.05, 0.1) is 0 Å². The van der Waals surface area contributed by atoms with Crippen molar-refractivity contribution in [3.63, 3.8) is 0 Å². The van der Waals surface area contributed by atoms with Gasteiger partial charge < -0.3 is 10.2 Å². The first-order valence-electron chi connectivity index (χ1n) is 7.91. The lowest BCUT2D eigenvalue weighted by Gasteiger charge is -2.39. The Kier molecular flexibility index (Phi) is 4.84. The molecule has 112 valence electrons. The molecule has 1 fully saturated rings. The van der Waals surface area contributed by atoms with Crippen molar-refractivity contribution in [3.8, 4) is 0 Å². The minimum atomic E-state index is 0.516. The Labute approximate surface area is 123 Å². The van der Waals surface area contributed by atoms with E-state index in [0.717, 1.165) is 43.5 Å². The van der Waals surface area contributed by atoms with Crippen LogP contribution in [0, 0.1) is 12.3 Å². The van der Waals surface area contributed by atoms with Crippen LogP contribution in [0.2, 0.25) is 0 Å². The average molecular weight is 276 g/mol. The van der Waals surface area contributed by atoms with Crippen LogP contribution in [-0.4, -0.2) is 29.6 Å². The van der Waals surface area contributed by atoms with Crippen LogP contribution < -0.4 is 10.2 Å². The van der Waals surface area contributed by atoms with Crippen molar-refractivity contribution in [2.24, 2.45) is 5.41 Å². The molecule has 1 aliphatic heterocycles. The third kappa shape index (κ3) is 3.62. The molecule has 2 heterocycles. The average Bonchev–Trinajstić information content (AvgIpc) is 2.45. The van der Waals surface area contributed by atoms with Crippen molar-refractivity contribution in [1.82, 2.24) is 9.97 Å². The van der Waals surface area contributed by atoms with E-state index in [1.807, 2.05) is 6.92 Å². The van der Waals surface area contributed by atoms with Gasteiger partial charge in [-0.1, -0.05) is 27.2 Å². The topological polar surface area (TPSA) is 41.1 Å². The highest BCUT2D eigenvalue weighted by molar-refractivity contribution is 5.45. The molecular formula is C16H28N4. The first-order valence-corrected chi connectivity index (χ1v) is 7.91. The van der Waals surface area contributed by atoms with Gasteiger partial charge in [0.25, 0.3) is 0 Å². The molecule has 4 heteroatoms. The number of aromatic nitrogens is 2. The van der Waals surface area contributed by atoms with Gasteiger partial charge >= 0.3 is 0 Å². The van der Waals surface area contributed by atoms with Crippen molar-refractivity contribution < 1.29 is 0 Å². The van der Waals surface area contributed by atoms with Crippen LogP contribution >= 0.6 is 0 Å². The number of rotatable bonds is 5. The summed E-state index contributed by atoms with van der Waals surface area (Å²) in [6.07, 6.45) is 4.87. The lowest BCUT2D eigenvalue weighted by atomic mass is 9.78. The van der Waals surface area contributed by atoms with E-state index < -0.39 is 0 Å². The van der Waals surface area contributed by atoms with Gasteiger partial charge in [0, 0.05) is 31.4 Å². The fraction of sp³-hybridized carbons (Fsp3) is 0.750. The van der Waals surface area contributed by atoms with Crippen LogP contribution in [0.15, 0.2) is 6.07 Å². The van der Waals surface area contributed by atoms with Gasteiger partial charge in [-0.25, -0.2) is 4.98 Å². The standard InChI is InChI=1S/C16H28N4/c1-5-9-17-15-18-13(3)12-14(19-15)20-10-7-16(4,6-2)8-11-20/h12H,5-11H2,1-4H3,(H,17,18,19). The smallest absolute Gasteiger partial charge is 0.224 e. The van der Waals surface area contributed by atoms with Gasteiger partial charge in [-0.15, -0.1) is 0 Å². The molecule has 0 atom stereocenters. The second kappa shape index (κ2) is 6.42. The number of nitrogens with zero attached hydrogens (tertiary/aromatic N) is 3. The monoisotopic (exact) mass is 276 g/mol. The van der Waals surface area contributed by atoms with Crippen molar-refractivity contribution in [2.45, 2.75) is 53.4 Å². The second-order valence-corrected chi connectivity index (χ2v) is 6.27. The number of hydrogen-bond donors (Lipinski definition) is 1. The number of piperidine rings is 1. The second-order valence-electron chi connectivity index (χ2n) is 6.27. The summed E-state index contributed by atoms with van der Waals surface area (Å²) in [5, 5.41) is 3.29. The summed E-state index contributed by atoms with van der Waals surface area (Å²) in [7, 11) is 0. The lowest BCUT2D eigenvalue weighted by Crippen LogP contribution is -2.39. The van der Waals surface area contributed by atoms with Gasteiger partial charge in [-0.05, 0) is 31.6 Å². The summed E-state index contributed by atoms with van der Waals surface area (Å²) in [4.78, 5) is 11.5. The summed E-state index contributed by atoms with van der Waals surface area (Å²) in [5.74, 6) is 1.85. The van der Waals surface area contributed by atoms with Crippen LogP contribution in [0.4, 0.5) is 11.8 Å². The maximum absolute atomic E-state index is 4.67. The van der Waals surface area contributed by atoms with Crippen LogP contribution in [0.5, 0.6) is 0 Å². The molecule has 1 aromatic heterocycles. The van der Waals surface area contributed by atoms with Crippen molar-refractivity contribution in [3.05, 3.63) is 11.8 Å². The Morgan fingerprint density at radius 2 is 1.95 bits per heavy atom. The minimum Gasteiger partial charge on any atom is -0.356 e.